The number of anilines is 1. The standard InChI is InChI=1S/C17H19N5/c1-11-3-4-13(7-12(11)2)9-22(14-5-6-14)17-15-8-20-21-16(15)18-10-19-17/h3-4,7-8,10,14H,5-6,9H2,1-2H3,(H,18,19,20,21). The van der Waals surface area contributed by atoms with Crippen molar-refractivity contribution in [3.8, 4) is 0 Å². The van der Waals surface area contributed by atoms with Crippen molar-refractivity contribution < 1.29 is 0 Å². The molecular formula is C17H19N5. The van der Waals surface area contributed by atoms with Crippen LogP contribution in [-0.2, 0) is 6.54 Å². The van der Waals surface area contributed by atoms with Crippen molar-refractivity contribution in [2.24, 2.45) is 0 Å². The first-order valence-electron chi connectivity index (χ1n) is 7.69. The van der Waals surface area contributed by atoms with Gasteiger partial charge < -0.3 is 4.90 Å². The van der Waals surface area contributed by atoms with Crippen molar-refractivity contribution in [2.45, 2.75) is 39.3 Å². The minimum absolute atomic E-state index is 0.578. The van der Waals surface area contributed by atoms with Gasteiger partial charge in [-0.05, 0) is 43.4 Å². The van der Waals surface area contributed by atoms with Crippen LogP contribution in [0.5, 0.6) is 0 Å². The molecule has 1 fully saturated rings. The highest BCUT2D eigenvalue weighted by Gasteiger charge is 2.31. The Morgan fingerprint density at radius 2 is 2.05 bits per heavy atom. The van der Waals surface area contributed by atoms with Crippen molar-refractivity contribution in [3.05, 3.63) is 47.4 Å². The van der Waals surface area contributed by atoms with E-state index in [9.17, 15) is 0 Å². The van der Waals surface area contributed by atoms with Crippen LogP contribution in [-0.4, -0.2) is 26.2 Å². The molecule has 2 aromatic heterocycles. The first-order valence-corrected chi connectivity index (χ1v) is 7.69. The normalized spacial score (nSPS) is 14.5. The molecule has 22 heavy (non-hydrogen) atoms. The maximum absolute atomic E-state index is 4.53. The third-order valence-electron chi connectivity index (χ3n) is 4.41. The van der Waals surface area contributed by atoms with E-state index in [4.69, 9.17) is 0 Å². The van der Waals surface area contributed by atoms with Crippen molar-refractivity contribution in [1.29, 1.82) is 0 Å². The Kier molecular flexibility index (Phi) is 3.06. The number of H-pyrrole nitrogens is 1. The molecular weight excluding hydrogens is 274 g/mol. The highest BCUT2D eigenvalue weighted by molar-refractivity contribution is 5.86. The molecule has 1 aromatic carbocycles. The van der Waals surface area contributed by atoms with E-state index in [-0.39, 0.29) is 0 Å². The first kappa shape index (κ1) is 13.2. The molecule has 0 spiro atoms. The second kappa shape index (κ2) is 5.09. The Morgan fingerprint density at radius 3 is 2.82 bits per heavy atom. The average Bonchev–Trinajstić information content (AvgIpc) is 3.24. The number of rotatable bonds is 4. The summed E-state index contributed by atoms with van der Waals surface area (Å²) in [6.07, 6.45) is 5.90. The summed E-state index contributed by atoms with van der Waals surface area (Å²) in [5, 5.41) is 8.03. The molecule has 5 nitrogen and oxygen atoms in total. The molecule has 0 saturated heterocycles. The second-order valence-electron chi connectivity index (χ2n) is 6.11. The smallest absolute Gasteiger partial charge is 0.160 e. The van der Waals surface area contributed by atoms with E-state index in [2.05, 4.69) is 57.1 Å². The molecule has 0 amide bonds. The van der Waals surface area contributed by atoms with Gasteiger partial charge in [0.2, 0.25) is 0 Å². The Hall–Kier alpha value is -2.43. The zero-order chi connectivity index (χ0) is 15.1. The number of nitrogens with one attached hydrogen (secondary N) is 1. The van der Waals surface area contributed by atoms with Crippen LogP contribution in [0.25, 0.3) is 11.0 Å². The van der Waals surface area contributed by atoms with Gasteiger partial charge in [-0.1, -0.05) is 18.2 Å². The van der Waals surface area contributed by atoms with E-state index < -0.39 is 0 Å². The number of aromatic amines is 1. The van der Waals surface area contributed by atoms with Crippen molar-refractivity contribution >= 4 is 16.9 Å². The fourth-order valence-corrected chi connectivity index (χ4v) is 2.84. The van der Waals surface area contributed by atoms with E-state index in [0.717, 1.165) is 23.4 Å². The van der Waals surface area contributed by atoms with Gasteiger partial charge in [-0.15, -0.1) is 0 Å². The average molecular weight is 293 g/mol. The SMILES string of the molecule is Cc1ccc(CN(c2ncnc3[nH]ncc23)C2CC2)cc1C. The maximum Gasteiger partial charge on any atom is 0.160 e. The summed E-state index contributed by atoms with van der Waals surface area (Å²) in [6, 6.07) is 7.27. The topological polar surface area (TPSA) is 57.7 Å². The van der Waals surface area contributed by atoms with Gasteiger partial charge in [-0.3, -0.25) is 5.10 Å². The van der Waals surface area contributed by atoms with E-state index in [1.807, 2.05) is 6.20 Å². The molecule has 0 radical (unpaired) electrons. The number of fused-ring (bicyclic) bond motifs is 1. The third-order valence-corrected chi connectivity index (χ3v) is 4.41. The van der Waals surface area contributed by atoms with Gasteiger partial charge in [0.25, 0.3) is 0 Å². The van der Waals surface area contributed by atoms with Crippen molar-refractivity contribution in [2.75, 3.05) is 4.90 Å². The highest BCUT2D eigenvalue weighted by atomic mass is 15.3. The summed E-state index contributed by atoms with van der Waals surface area (Å²) in [5.41, 5.74) is 4.80. The molecule has 112 valence electrons. The van der Waals surface area contributed by atoms with Gasteiger partial charge in [0.05, 0.1) is 11.6 Å². The number of aromatic nitrogens is 4. The van der Waals surface area contributed by atoms with Gasteiger partial charge in [0.15, 0.2) is 5.65 Å². The molecule has 1 aliphatic rings. The number of aryl methyl sites for hydroxylation is 2. The van der Waals surface area contributed by atoms with Crippen LogP contribution < -0.4 is 4.90 Å². The van der Waals surface area contributed by atoms with Crippen LogP contribution in [0.3, 0.4) is 0 Å². The molecule has 1 aliphatic carbocycles. The lowest BCUT2D eigenvalue weighted by molar-refractivity contribution is 0.780. The summed E-state index contributed by atoms with van der Waals surface area (Å²) in [4.78, 5) is 11.2. The summed E-state index contributed by atoms with van der Waals surface area (Å²) < 4.78 is 0. The predicted molar refractivity (Wildman–Crippen MR) is 86.8 cm³/mol. The second-order valence-corrected chi connectivity index (χ2v) is 6.11. The van der Waals surface area contributed by atoms with Crippen LogP contribution in [0.15, 0.2) is 30.7 Å². The minimum atomic E-state index is 0.578. The van der Waals surface area contributed by atoms with E-state index in [1.54, 1.807) is 6.33 Å². The van der Waals surface area contributed by atoms with Crippen LogP contribution in [0, 0.1) is 13.8 Å². The van der Waals surface area contributed by atoms with Gasteiger partial charge in [-0.25, -0.2) is 9.97 Å². The molecule has 0 atom stereocenters. The number of hydrogen-bond donors (Lipinski definition) is 1. The van der Waals surface area contributed by atoms with Crippen molar-refractivity contribution in [1.82, 2.24) is 20.2 Å². The Labute approximate surface area is 129 Å². The quantitative estimate of drug-likeness (QED) is 0.803. The lowest BCUT2D eigenvalue weighted by atomic mass is 10.1. The zero-order valence-corrected chi connectivity index (χ0v) is 12.9. The molecule has 5 heteroatoms. The van der Waals surface area contributed by atoms with Gasteiger partial charge in [0.1, 0.15) is 12.1 Å². The molecule has 1 N–H and O–H groups in total. The largest absolute Gasteiger partial charge is 0.349 e. The van der Waals surface area contributed by atoms with E-state index in [1.165, 1.54) is 29.5 Å². The predicted octanol–water partition coefficient (Wildman–Crippen LogP) is 3.14. The minimum Gasteiger partial charge on any atom is -0.349 e. The molecule has 1 saturated carbocycles. The monoisotopic (exact) mass is 293 g/mol. The molecule has 0 bridgehead atoms. The van der Waals surface area contributed by atoms with E-state index >= 15 is 0 Å². The van der Waals surface area contributed by atoms with Crippen LogP contribution in [0.4, 0.5) is 5.82 Å². The lowest BCUT2D eigenvalue weighted by Gasteiger charge is -2.24. The highest BCUT2D eigenvalue weighted by Crippen LogP contribution is 2.34. The summed E-state index contributed by atoms with van der Waals surface area (Å²) >= 11 is 0. The lowest BCUT2D eigenvalue weighted by Crippen LogP contribution is -2.26. The molecule has 0 aliphatic heterocycles. The van der Waals surface area contributed by atoms with Gasteiger partial charge >= 0.3 is 0 Å². The number of nitrogens with zero attached hydrogens (tertiary/aromatic N) is 4. The van der Waals surface area contributed by atoms with Crippen LogP contribution >= 0.6 is 0 Å². The molecule has 0 unspecified atom stereocenters. The van der Waals surface area contributed by atoms with Crippen molar-refractivity contribution in [3.63, 3.8) is 0 Å². The van der Waals surface area contributed by atoms with Crippen LogP contribution in [0.1, 0.15) is 29.5 Å². The maximum atomic E-state index is 4.53. The Balaban J connectivity index is 1.72. The van der Waals surface area contributed by atoms with Crippen LogP contribution in [0.2, 0.25) is 0 Å². The molecule has 3 aromatic rings. The Morgan fingerprint density at radius 1 is 1.18 bits per heavy atom. The fraction of sp³-hybridized carbons (Fsp3) is 0.353. The zero-order valence-electron chi connectivity index (χ0n) is 12.9. The third kappa shape index (κ3) is 2.32. The number of benzene rings is 1. The number of hydrogen-bond acceptors (Lipinski definition) is 4. The Bertz CT molecular complexity index is 819. The fourth-order valence-electron chi connectivity index (χ4n) is 2.84. The summed E-state index contributed by atoms with van der Waals surface area (Å²) in [5.74, 6) is 0.986. The molecule has 4 rings (SSSR count). The van der Waals surface area contributed by atoms with Gasteiger partial charge in [-0.2, -0.15) is 5.10 Å². The summed E-state index contributed by atoms with van der Waals surface area (Å²) in [6.45, 7) is 5.19. The van der Waals surface area contributed by atoms with E-state index in [0.29, 0.717) is 6.04 Å². The first-order chi connectivity index (χ1) is 10.7. The van der Waals surface area contributed by atoms with Gasteiger partial charge in [0, 0.05) is 12.6 Å². The summed E-state index contributed by atoms with van der Waals surface area (Å²) in [7, 11) is 0. The molecule has 2 heterocycles.